The van der Waals surface area contributed by atoms with Gasteiger partial charge in [-0.05, 0) is 86.8 Å². The highest BCUT2D eigenvalue weighted by Crippen LogP contribution is 2.60. The molecule has 6 heteroatoms. The maximum atomic E-state index is 13.5. The molecule has 2 N–H and O–H groups in total. The maximum Gasteiger partial charge on any atom is 0.243 e. The van der Waals surface area contributed by atoms with Crippen LogP contribution in [0, 0.1) is 29.1 Å². The van der Waals surface area contributed by atoms with Gasteiger partial charge >= 0.3 is 0 Å². The van der Waals surface area contributed by atoms with E-state index in [1.807, 2.05) is 39.0 Å². The van der Waals surface area contributed by atoms with Crippen LogP contribution in [0.15, 0.2) is 18.2 Å². The molecule has 1 aromatic rings. The van der Waals surface area contributed by atoms with Gasteiger partial charge in [0.2, 0.25) is 18.6 Å². The monoisotopic (exact) mass is 426 g/mol. The fraction of sp³-hybridized carbons (Fsp3) is 0.680. The van der Waals surface area contributed by atoms with E-state index >= 15 is 0 Å². The van der Waals surface area contributed by atoms with E-state index in [1.54, 1.807) is 0 Å². The Kier molecular flexibility index (Phi) is 5.14. The van der Waals surface area contributed by atoms with E-state index in [1.165, 1.54) is 19.3 Å². The third-order valence-corrected chi connectivity index (χ3v) is 8.01. The second-order valence-corrected chi connectivity index (χ2v) is 10.7. The van der Waals surface area contributed by atoms with E-state index in [0.717, 1.165) is 30.6 Å². The van der Waals surface area contributed by atoms with Crippen molar-refractivity contribution in [1.82, 2.24) is 10.6 Å². The molecular weight excluding hydrogens is 392 g/mol. The minimum atomic E-state index is -0.531. The SMILES string of the molecule is CC(NC(=O)C(NC(=O)C12CC3CC(CC(C3)C1)C2)C(C)C)c1ccc2c(c1)OCO2. The van der Waals surface area contributed by atoms with E-state index in [-0.39, 0.29) is 36.0 Å². The Morgan fingerprint density at radius 1 is 0.935 bits per heavy atom. The quantitative estimate of drug-likeness (QED) is 0.722. The van der Waals surface area contributed by atoms with Crippen molar-refractivity contribution >= 4 is 11.8 Å². The standard InChI is InChI=1S/C25H34N2O4/c1-14(2)22(23(28)26-15(3)19-4-5-20-21(9-19)31-13-30-20)27-24(29)25-10-16-6-17(11-25)8-18(7-16)12-25/h4-5,9,14-18,22H,6-8,10-13H2,1-3H3,(H,26,28)(H,27,29). The first-order valence-electron chi connectivity index (χ1n) is 11.8. The molecule has 4 aliphatic carbocycles. The summed E-state index contributed by atoms with van der Waals surface area (Å²) < 4.78 is 10.8. The minimum Gasteiger partial charge on any atom is -0.454 e. The molecule has 2 atom stereocenters. The number of fused-ring (bicyclic) bond motifs is 1. The molecule has 0 radical (unpaired) electrons. The van der Waals surface area contributed by atoms with Crippen molar-refractivity contribution in [2.45, 2.75) is 71.4 Å². The highest BCUT2D eigenvalue weighted by atomic mass is 16.7. The van der Waals surface area contributed by atoms with Gasteiger partial charge in [0.25, 0.3) is 0 Å². The van der Waals surface area contributed by atoms with Crippen LogP contribution in [0.2, 0.25) is 0 Å². The van der Waals surface area contributed by atoms with Crippen molar-refractivity contribution in [3.8, 4) is 11.5 Å². The van der Waals surface area contributed by atoms with Gasteiger partial charge in [0.1, 0.15) is 6.04 Å². The third-order valence-electron chi connectivity index (χ3n) is 8.01. The van der Waals surface area contributed by atoms with E-state index in [9.17, 15) is 9.59 Å². The first-order chi connectivity index (χ1) is 14.8. The van der Waals surface area contributed by atoms with Gasteiger partial charge in [-0.25, -0.2) is 0 Å². The molecule has 31 heavy (non-hydrogen) atoms. The lowest BCUT2D eigenvalue weighted by Crippen LogP contribution is -2.58. The molecule has 2 amide bonds. The molecule has 168 valence electrons. The van der Waals surface area contributed by atoms with Crippen molar-refractivity contribution in [2.75, 3.05) is 6.79 Å². The van der Waals surface area contributed by atoms with Crippen LogP contribution in [0.1, 0.15) is 70.9 Å². The molecule has 0 saturated heterocycles. The second kappa shape index (κ2) is 7.72. The van der Waals surface area contributed by atoms with Gasteiger partial charge in [0.05, 0.1) is 6.04 Å². The normalized spacial score (nSPS) is 32.1. The lowest BCUT2D eigenvalue weighted by Gasteiger charge is -2.55. The molecule has 6 nitrogen and oxygen atoms in total. The van der Waals surface area contributed by atoms with Gasteiger partial charge in [-0.1, -0.05) is 19.9 Å². The van der Waals surface area contributed by atoms with Gasteiger partial charge in [-0.3, -0.25) is 9.59 Å². The lowest BCUT2D eigenvalue weighted by atomic mass is 9.49. The third kappa shape index (κ3) is 3.79. The molecule has 2 unspecified atom stereocenters. The highest BCUT2D eigenvalue weighted by Gasteiger charge is 2.55. The molecule has 4 saturated carbocycles. The van der Waals surface area contributed by atoms with E-state index < -0.39 is 6.04 Å². The number of hydrogen-bond acceptors (Lipinski definition) is 4. The summed E-state index contributed by atoms with van der Waals surface area (Å²) in [6.07, 6.45) is 6.91. The lowest BCUT2D eigenvalue weighted by molar-refractivity contribution is -0.149. The molecule has 1 heterocycles. The Hall–Kier alpha value is -2.24. The molecule has 1 aliphatic heterocycles. The van der Waals surface area contributed by atoms with Crippen LogP contribution >= 0.6 is 0 Å². The Morgan fingerprint density at radius 3 is 2.16 bits per heavy atom. The van der Waals surface area contributed by atoms with Crippen LogP contribution in [0.25, 0.3) is 0 Å². The van der Waals surface area contributed by atoms with E-state index in [2.05, 4.69) is 10.6 Å². The topological polar surface area (TPSA) is 76.7 Å². The van der Waals surface area contributed by atoms with Gasteiger partial charge in [0, 0.05) is 5.41 Å². The van der Waals surface area contributed by atoms with Crippen LogP contribution < -0.4 is 20.1 Å². The number of benzene rings is 1. The summed E-state index contributed by atoms with van der Waals surface area (Å²) in [6, 6.07) is 4.99. The summed E-state index contributed by atoms with van der Waals surface area (Å²) in [5.41, 5.74) is 0.706. The first kappa shape index (κ1) is 20.7. The number of amides is 2. The second-order valence-electron chi connectivity index (χ2n) is 10.7. The number of carbonyl (C=O) groups excluding carboxylic acids is 2. The predicted octanol–water partition coefficient (Wildman–Crippen LogP) is 3.95. The maximum absolute atomic E-state index is 13.5. The fourth-order valence-electron chi connectivity index (χ4n) is 6.79. The summed E-state index contributed by atoms with van der Waals surface area (Å²) in [4.78, 5) is 26.7. The van der Waals surface area contributed by atoms with Crippen LogP contribution in [0.3, 0.4) is 0 Å². The summed E-state index contributed by atoms with van der Waals surface area (Å²) in [7, 11) is 0. The molecule has 0 aromatic heterocycles. The summed E-state index contributed by atoms with van der Waals surface area (Å²) in [5.74, 6) is 3.54. The van der Waals surface area contributed by atoms with E-state index in [0.29, 0.717) is 23.5 Å². The van der Waals surface area contributed by atoms with Crippen molar-refractivity contribution in [3.05, 3.63) is 23.8 Å². The molecule has 1 aromatic carbocycles. The average Bonchev–Trinajstić information content (AvgIpc) is 3.18. The van der Waals surface area contributed by atoms with Crippen molar-refractivity contribution < 1.29 is 19.1 Å². The van der Waals surface area contributed by atoms with Gasteiger partial charge in [-0.15, -0.1) is 0 Å². The Bertz CT molecular complexity index is 845. The van der Waals surface area contributed by atoms with Crippen molar-refractivity contribution in [2.24, 2.45) is 29.1 Å². The average molecular weight is 427 g/mol. The van der Waals surface area contributed by atoms with E-state index in [4.69, 9.17) is 9.47 Å². The van der Waals surface area contributed by atoms with Crippen LogP contribution in [-0.4, -0.2) is 24.6 Å². The van der Waals surface area contributed by atoms with Gasteiger partial charge in [0.15, 0.2) is 11.5 Å². The zero-order valence-electron chi connectivity index (χ0n) is 18.8. The molecule has 6 rings (SSSR count). The summed E-state index contributed by atoms with van der Waals surface area (Å²) >= 11 is 0. The van der Waals surface area contributed by atoms with Crippen LogP contribution in [0.5, 0.6) is 11.5 Å². The van der Waals surface area contributed by atoms with Crippen LogP contribution in [0.4, 0.5) is 0 Å². The number of hydrogen-bond donors (Lipinski definition) is 2. The largest absolute Gasteiger partial charge is 0.454 e. The summed E-state index contributed by atoms with van der Waals surface area (Å²) in [5, 5.41) is 6.27. The van der Waals surface area contributed by atoms with Crippen molar-refractivity contribution in [1.29, 1.82) is 0 Å². The van der Waals surface area contributed by atoms with Gasteiger partial charge < -0.3 is 20.1 Å². The number of carbonyl (C=O) groups is 2. The molecule has 4 fully saturated rings. The number of ether oxygens (including phenoxy) is 2. The first-order valence-corrected chi connectivity index (χ1v) is 11.8. The fourth-order valence-corrected chi connectivity index (χ4v) is 6.79. The Morgan fingerprint density at radius 2 is 1.55 bits per heavy atom. The van der Waals surface area contributed by atoms with Gasteiger partial charge in [-0.2, -0.15) is 0 Å². The minimum absolute atomic E-state index is 0.0156. The molecular formula is C25H34N2O4. The predicted molar refractivity (Wildman–Crippen MR) is 116 cm³/mol. The Labute approximate surface area is 184 Å². The molecule has 4 bridgehead atoms. The zero-order chi connectivity index (χ0) is 21.8. The zero-order valence-corrected chi connectivity index (χ0v) is 18.8. The molecule has 0 spiro atoms. The summed E-state index contributed by atoms with van der Waals surface area (Å²) in [6.45, 7) is 6.17. The smallest absolute Gasteiger partial charge is 0.243 e. The number of rotatable bonds is 6. The highest BCUT2D eigenvalue weighted by molar-refractivity contribution is 5.90. The van der Waals surface area contributed by atoms with Crippen molar-refractivity contribution in [3.63, 3.8) is 0 Å². The van der Waals surface area contributed by atoms with Crippen LogP contribution in [-0.2, 0) is 9.59 Å². The number of nitrogens with one attached hydrogen (secondary N) is 2. The molecule has 5 aliphatic rings. The Balaban J connectivity index is 1.26.